The van der Waals surface area contributed by atoms with Gasteiger partial charge in [0.25, 0.3) is 0 Å². The van der Waals surface area contributed by atoms with E-state index in [9.17, 15) is 4.79 Å². The lowest BCUT2D eigenvalue weighted by molar-refractivity contribution is -0.135. The lowest BCUT2D eigenvalue weighted by Crippen LogP contribution is -2.46. The van der Waals surface area contributed by atoms with Crippen molar-refractivity contribution in [2.75, 3.05) is 48.0 Å². The Balaban J connectivity index is 1.49. The minimum absolute atomic E-state index is 0.226. The highest BCUT2D eigenvalue weighted by Gasteiger charge is 2.31. The Bertz CT molecular complexity index is 792. The number of benzene rings is 1. The number of likely N-dealkylation sites (tertiary alicyclic amines) is 1. The maximum atomic E-state index is 12.8. The van der Waals surface area contributed by atoms with E-state index in [1.807, 2.05) is 17.0 Å². The smallest absolute Gasteiger partial charge is 0.225 e. The van der Waals surface area contributed by atoms with Crippen LogP contribution >= 0.6 is 0 Å². The highest BCUT2D eigenvalue weighted by atomic mass is 16.5. The van der Waals surface area contributed by atoms with Crippen LogP contribution in [0.2, 0.25) is 0 Å². The Labute approximate surface area is 191 Å². The van der Waals surface area contributed by atoms with Crippen molar-refractivity contribution in [1.82, 2.24) is 15.5 Å². The Morgan fingerprint density at radius 2 is 1.81 bits per heavy atom. The molecule has 0 radical (unpaired) electrons. The molecule has 1 aromatic rings. The zero-order valence-electron chi connectivity index (χ0n) is 19.9. The van der Waals surface area contributed by atoms with Gasteiger partial charge >= 0.3 is 0 Å². The number of guanidine groups is 1. The highest BCUT2D eigenvalue weighted by molar-refractivity contribution is 5.81. The summed E-state index contributed by atoms with van der Waals surface area (Å²) >= 11 is 0. The molecular weight excluding hydrogens is 408 g/mol. The summed E-state index contributed by atoms with van der Waals surface area (Å²) in [6.07, 6.45) is 7.43. The summed E-state index contributed by atoms with van der Waals surface area (Å²) in [6.45, 7) is 2.26. The summed E-state index contributed by atoms with van der Waals surface area (Å²) in [6, 6.07) is 4.11. The van der Waals surface area contributed by atoms with Crippen molar-refractivity contribution >= 4 is 11.9 Å². The molecule has 2 N–H and O–H groups in total. The molecule has 1 saturated carbocycles. The topological polar surface area (TPSA) is 84.4 Å². The third kappa shape index (κ3) is 5.78. The molecule has 3 rings (SSSR count). The lowest BCUT2D eigenvalue weighted by Gasteiger charge is -2.26. The maximum absolute atomic E-state index is 12.8. The largest absolute Gasteiger partial charge is 0.493 e. The highest BCUT2D eigenvalue weighted by Crippen LogP contribution is 2.39. The zero-order chi connectivity index (χ0) is 22.9. The van der Waals surface area contributed by atoms with E-state index < -0.39 is 0 Å². The number of nitrogens with one attached hydrogen (secondary N) is 2. The molecule has 1 amide bonds. The van der Waals surface area contributed by atoms with Gasteiger partial charge in [-0.15, -0.1) is 0 Å². The summed E-state index contributed by atoms with van der Waals surface area (Å²) in [5.41, 5.74) is 1.03. The van der Waals surface area contributed by atoms with E-state index in [1.54, 1.807) is 28.4 Å². The van der Waals surface area contributed by atoms with E-state index in [4.69, 9.17) is 14.2 Å². The summed E-state index contributed by atoms with van der Waals surface area (Å²) in [4.78, 5) is 19.2. The number of rotatable bonds is 8. The van der Waals surface area contributed by atoms with Crippen molar-refractivity contribution in [2.45, 2.75) is 51.0 Å². The fraction of sp³-hybridized carbons (Fsp3) is 0.667. The summed E-state index contributed by atoms with van der Waals surface area (Å²) in [7, 11) is 6.63. The third-order valence-electron chi connectivity index (χ3n) is 6.49. The van der Waals surface area contributed by atoms with Gasteiger partial charge in [-0.05, 0) is 31.7 Å². The first-order valence-corrected chi connectivity index (χ1v) is 11.6. The second kappa shape index (κ2) is 11.8. The molecule has 1 aromatic carbocycles. The molecule has 0 bridgehead atoms. The van der Waals surface area contributed by atoms with Crippen LogP contribution in [0.15, 0.2) is 17.1 Å². The van der Waals surface area contributed by atoms with Crippen molar-refractivity contribution in [1.29, 1.82) is 0 Å². The van der Waals surface area contributed by atoms with Gasteiger partial charge in [-0.3, -0.25) is 9.79 Å². The molecule has 1 heterocycles. The van der Waals surface area contributed by atoms with Crippen LogP contribution in [0, 0.1) is 5.92 Å². The molecular formula is C24H38N4O4. The Hall–Kier alpha value is -2.64. The van der Waals surface area contributed by atoms with Gasteiger partial charge in [0, 0.05) is 44.2 Å². The first kappa shape index (κ1) is 24.0. The molecule has 2 aliphatic rings. The van der Waals surface area contributed by atoms with Crippen molar-refractivity contribution in [3.05, 3.63) is 17.7 Å². The van der Waals surface area contributed by atoms with E-state index in [0.717, 1.165) is 50.3 Å². The predicted molar refractivity (Wildman–Crippen MR) is 126 cm³/mol. The molecule has 8 heteroatoms. The van der Waals surface area contributed by atoms with Gasteiger partial charge in [0.05, 0.1) is 21.3 Å². The minimum atomic E-state index is 0.226. The van der Waals surface area contributed by atoms with Gasteiger partial charge in [0.1, 0.15) is 0 Å². The average molecular weight is 447 g/mol. The summed E-state index contributed by atoms with van der Waals surface area (Å²) in [5.74, 6) is 3.26. The van der Waals surface area contributed by atoms with Crippen molar-refractivity contribution in [3.63, 3.8) is 0 Å². The number of carbonyl (C=O) groups is 1. The Morgan fingerprint density at radius 3 is 2.47 bits per heavy atom. The first-order chi connectivity index (χ1) is 15.6. The van der Waals surface area contributed by atoms with Crippen LogP contribution in [0.5, 0.6) is 17.2 Å². The van der Waals surface area contributed by atoms with Gasteiger partial charge < -0.3 is 29.7 Å². The standard InChI is InChI=1S/C24H38N4O4/c1-25-24(26-14-12-17-10-11-20(30-2)22(32-4)21(17)31-3)27-19-13-15-28(16-19)23(29)18-8-6-5-7-9-18/h10-11,18-19H,5-9,12-16H2,1-4H3,(H2,25,26,27). The number of aliphatic imine (C=N–C) groups is 1. The van der Waals surface area contributed by atoms with E-state index in [0.29, 0.717) is 29.7 Å². The van der Waals surface area contributed by atoms with Gasteiger partial charge in [-0.1, -0.05) is 25.3 Å². The molecule has 2 fully saturated rings. The Kier molecular flexibility index (Phi) is 8.88. The molecule has 0 aromatic heterocycles. The zero-order valence-corrected chi connectivity index (χ0v) is 19.9. The third-order valence-corrected chi connectivity index (χ3v) is 6.49. The van der Waals surface area contributed by atoms with Crippen LogP contribution in [0.1, 0.15) is 44.1 Å². The van der Waals surface area contributed by atoms with Crippen LogP contribution in [0.3, 0.4) is 0 Å². The fourth-order valence-corrected chi connectivity index (χ4v) is 4.75. The van der Waals surface area contributed by atoms with Gasteiger partial charge in [-0.25, -0.2) is 0 Å². The summed E-state index contributed by atoms with van der Waals surface area (Å²) < 4.78 is 16.4. The number of methoxy groups -OCH3 is 3. The average Bonchev–Trinajstić information content (AvgIpc) is 3.31. The van der Waals surface area contributed by atoms with Gasteiger partial charge in [-0.2, -0.15) is 0 Å². The molecule has 1 aliphatic carbocycles. The number of hydrogen-bond acceptors (Lipinski definition) is 5. The molecule has 1 aliphatic heterocycles. The minimum Gasteiger partial charge on any atom is -0.493 e. The number of carbonyl (C=O) groups excluding carboxylic acids is 1. The SMILES string of the molecule is CN=C(NCCc1ccc(OC)c(OC)c1OC)NC1CCN(C(=O)C2CCCCC2)C1. The Morgan fingerprint density at radius 1 is 1.06 bits per heavy atom. The molecule has 1 unspecified atom stereocenters. The molecule has 1 atom stereocenters. The summed E-state index contributed by atoms with van der Waals surface area (Å²) in [5, 5.41) is 6.86. The molecule has 32 heavy (non-hydrogen) atoms. The monoisotopic (exact) mass is 446 g/mol. The number of nitrogens with zero attached hydrogens (tertiary/aromatic N) is 2. The molecule has 8 nitrogen and oxygen atoms in total. The van der Waals surface area contributed by atoms with Crippen LogP contribution < -0.4 is 24.8 Å². The molecule has 1 saturated heterocycles. The van der Waals surface area contributed by atoms with Crippen molar-refractivity contribution in [2.24, 2.45) is 10.9 Å². The second-order valence-electron chi connectivity index (χ2n) is 8.49. The first-order valence-electron chi connectivity index (χ1n) is 11.6. The van der Waals surface area contributed by atoms with E-state index in [-0.39, 0.29) is 12.0 Å². The molecule has 0 spiro atoms. The molecule has 178 valence electrons. The number of hydrogen-bond donors (Lipinski definition) is 2. The normalized spacial score (nSPS) is 19.6. The van der Waals surface area contributed by atoms with E-state index in [1.165, 1.54) is 19.3 Å². The van der Waals surface area contributed by atoms with Crippen LogP contribution in [0.4, 0.5) is 0 Å². The number of amides is 1. The van der Waals surface area contributed by atoms with Crippen molar-refractivity contribution < 1.29 is 19.0 Å². The van der Waals surface area contributed by atoms with Gasteiger partial charge in [0.15, 0.2) is 17.5 Å². The predicted octanol–water partition coefficient (Wildman–Crippen LogP) is 2.60. The number of ether oxygens (including phenoxy) is 3. The van der Waals surface area contributed by atoms with Crippen LogP contribution in [-0.2, 0) is 11.2 Å². The quantitative estimate of drug-likeness (QED) is 0.472. The van der Waals surface area contributed by atoms with E-state index >= 15 is 0 Å². The second-order valence-corrected chi connectivity index (χ2v) is 8.49. The lowest BCUT2D eigenvalue weighted by atomic mass is 9.88. The maximum Gasteiger partial charge on any atom is 0.225 e. The van der Waals surface area contributed by atoms with Crippen molar-refractivity contribution in [3.8, 4) is 17.2 Å². The fourth-order valence-electron chi connectivity index (χ4n) is 4.75. The van der Waals surface area contributed by atoms with Crippen LogP contribution in [0.25, 0.3) is 0 Å². The van der Waals surface area contributed by atoms with Gasteiger partial charge in [0.2, 0.25) is 11.7 Å². The van der Waals surface area contributed by atoms with Crippen LogP contribution in [-0.4, -0.2) is 70.8 Å². The van der Waals surface area contributed by atoms with E-state index in [2.05, 4.69) is 15.6 Å².